The predicted molar refractivity (Wildman–Crippen MR) is 135 cm³/mol. The van der Waals surface area contributed by atoms with Gasteiger partial charge in [-0.2, -0.15) is 0 Å². The Morgan fingerprint density at radius 1 is 0.577 bits per heavy atom. The molecule has 2 aliphatic rings. The fraction of sp³-hybridized carbons (Fsp3) is 0.889. The summed E-state index contributed by atoms with van der Waals surface area (Å²) in [7, 11) is 7.50. The molecule has 0 aromatic rings. The lowest BCUT2D eigenvalue weighted by atomic mass is 10.2. The van der Waals surface area contributed by atoms with Gasteiger partial charge in [-0.3, -0.25) is 0 Å². The van der Waals surface area contributed by atoms with Crippen LogP contribution in [-0.2, 0) is 0 Å². The third-order valence-corrected chi connectivity index (χ3v) is 10.9. The van der Waals surface area contributed by atoms with Gasteiger partial charge in [-0.05, 0) is 60.1 Å². The SMILES string of the molecule is S=C(SSCCCCSSC(=S)N1CCCCCC1)N1CCCCCC1. The number of likely N-dealkylation sites (tertiary alicyclic amines) is 2. The molecule has 0 unspecified atom stereocenters. The molecule has 0 saturated carbocycles. The van der Waals surface area contributed by atoms with Crippen molar-refractivity contribution in [2.24, 2.45) is 0 Å². The molecule has 0 radical (unpaired) electrons. The van der Waals surface area contributed by atoms with E-state index in [2.05, 4.69) is 9.80 Å². The van der Waals surface area contributed by atoms with E-state index < -0.39 is 0 Å². The van der Waals surface area contributed by atoms with Gasteiger partial charge in [-0.1, -0.05) is 71.7 Å². The highest BCUT2D eigenvalue weighted by molar-refractivity contribution is 8.84. The zero-order valence-electron chi connectivity index (χ0n) is 15.7. The van der Waals surface area contributed by atoms with E-state index in [1.165, 1.54) is 75.7 Å². The minimum absolute atomic E-state index is 1.10. The number of nitrogens with zero attached hydrogens (tertiary/aromatic N) is 2. The number of unbranched alkanes of at least 4 members (excludes halogenated alkanes) is 1. The first-order valence-corrected chi connectivity index (χ1v) is 15.4. The van der Waals surface area contributed by atoms with Gasteiger partial charge in [0.25, 0.3) is 0 Å². The van der Waals surface area contributed by atoms with Crippen LogP contribution in [0.3, 0.4) is 0 Å². The molecule has 0 aromatic carbocycles. The Morgan fingerprint density at radius 3 is 1.27 bits per heavy atom. The lowest BCUT2D eigenvalue weighted by Gasteiger charge is -2.22. The van der Waals surface area contributed by atoms with Gasteiger partial charge in [0.1, 0.15) is 8.64 Å². The molecule has 2 heterocycles. The first kappa shape index (κ1) is 23.5. The van der Waals surface area contributed by atoms with Crippen molar-refractivity contribution in [2.45, 2.75) is 64.2 Å². The van der Waals surface area contributed by atoms with Crippen LogP contribution in [-0.4, -0.2) is 56.1 Å². The van der Waals surface area contributed by atoms with Crippen LogP contribution in [0.5, 0.6) is 0 Å². The van der Waals surface area contributed by atoms with Crippen molar-refractivity contribution in [3.8, 4) is 0 Å². The second kappa shape index (κ2) is 15.1. The number of thiocarbonyl (C=S) groups is 2. The maximum absolute atomic E-state index is 5.60. The van der Waals surface area contributed by atoms with Crippen LogP contribution in [0.4, 0.5) is 0 Å². The summed E-state index contributed by atoms with van der Waals surface area (Å²) in [6.45, 7) is 4.66. The molecule has 0 atom stereocenters. The Balaban J connectivity index is 1.42. The molecule has 0 N–H and O–H groups in total. The maximum Gasteiger partial charge on any atom is 0.147 e. The summed E-state index contributed by atoms with van der Waals surface area (Å²) in [5.41, 5.74) is 0. The zero-order valence-corrected chi connectivity index (χ0v) is 20.6. The van der Waals surface area contributed by atoms with E-state index in [1.807, 2.05) is 43.2 Å². The molecule has 150 valence electrons. The Morgan fingerprint density at radius 2 is 0.923 bits per heavy atom. The van der Waals surface area contributed by atoms with Crippen molar-refractivity contribution in [2.75, 3.05) is 37.7 Å². The fourth-order valence-electron chi connectivity index (χ4n) is 3.12. The molecule has 26 heavy (non-hydrogen) atoms. The molecule has 2 nitrogen and oxygen atoms in total. The molecule has 0 spiro atoms. The van der Waals surface area contributed by atoms with E-state index in [0.29, 0.717) is 0 Å². The van der Waals surface area contributed by atoms with Crippen LogP contribution in [0.15, 0.2) is 0 Å². The lowest BCUT2D eigenvalue weighted by molar-refractivity contribution is 0.450. The van der Waals surface area contributed by atoms with E-state index in [-0.39, 0.29) is 0 Å². The van der Waals surface area contributed by atoms with Crippen LogP contribution in [0.2, 0.25) is 0 Å². The summed E-state index contributed by atoms with van der Waals surface area (Å²) in [4.78, 5) is 4.83. The van der Waals surface area contributed by atoms with Crippen LogP contribution in [0, 0.1) is 0 Å². The minimum atomic E-state index is 1.10. The minimum Gasteiger partial charge on any atom is -0.357 e. The Hall–Kier alpha value is 1.18. The van der Waals surface area contributed by atoms with Gasteiger partial charge in [0.2, 0.25) is 0 Å². The van der Waals surface area contributed by atoms with Gasteiger partial charge in [0.15, 0.2) is 0 Å². The molecular formula is C18H32N2S6. The molecule has 0 aromatic heterocycles. The average molecular weight is 469 g/mol. The molecule has 2 aliphatic heterocycles. The quantitative estimate of drug-likeness (QED) is 0.224. The summed E-state index contributed by atoms with van der Waals surface area (Å²) in [5, 5.41) is 0. The van der Waals surface area contributed by atoms with Crippen LogP contribution in [0.1, 0.15) is 64.2 Å². The van der Waals surface area contributed by atoms with Gasteiger partial charge in [0.05, 0.1) is 0 Å². The second-order valence-electron chi connectivity index (χ2n) is 6.85. The average Bonchev–Trinajstić information content (AvgIpc) is 3.08. The van der Waals surface area contributed by atoms with Gasteiger partial charge in [-0.25, -0.2) is 0 Å². The summed E-state index contributed by atoms with van der Waals surface area (Å²) in [5.74, 6) is 2.39. The van der Waals surface area contributed by atoms with Gasteiger partial charge < -0.3 is 9.80 Å². The number of hydrogen-bond acceptors (Lipinski definition) is 6. The normalized spacial score (nSPS) is 19.1. The van der Waals surface area contributed by atoms with Crippen LogP contribution < -0.4 is 0 Å². The predicted octanol–water partition coefficient (Wildman–Crippen LogP) is 6.85. The maximum atomic E-state index is 5.60. The Bertz CT molecular complexity index is 366. The van der Waals surface area contributed by atoms with E-state index in [4.69, 9.17) is 24.4 Å². The molecule has 2 rings (SSSR count). The van der Waals surface area contributed by atoms with Gasteiger partial charge in [0, 0.05) is 37.7 Å². The van der Waals surface area contributed by atoms with E-state index in [9.17, 15) is 0 Å². The van der Waals surface area contributed by atoms with Gasteiger partial charge in [-0.15, -0.1) is 0 Å². The van der Waals surface area contributed by atoms with Crippen LogP contribution >= 0.6 is 67.6 Å². The second-order valence-corrected chi connectivity index (χ2v) is 13.0. The van der Waals surface area contributed by atoms with E-state index in [1.54, 1.807) is 0 Å². The molecule has 0 bridgehead atoms. The van der Waals surface area contributed by atoms with Crippen LogP contribution in [0.25, 0.3) is 0 Å². The summed E-state index contributed by atoms with van der Waals surface area (Å²) in [6.07, 6.45) is 13.2. The Kier molecular flexibility index (Phi) is 13.6. The topological polar surface area (TPSA) is 6.48 Å². The largest absolute Gasteiger partial charge is 0.357 e. The fourth-order valence-corrected chi connectivity index (χ4v) is 8.38. The van der Waals surface area contributed by atoms with Crippen molar-refractivity contribution in [1.82, 2.24) is 9.80 Å². The summed E-state index contributed by atoms with van der Waals surface area (Å²) < 4.78 is 2.20. The first-order valence-electron chi connectivity index (χ1n) is 9.94. The highest BCUT2D eigenvalue weighted by Crippen LogP contribution is 2.30. The third kappa shape index (κ3) is 10.1. The summed E-state index contributed by atoms with van der Waals surface area (Å²) in [6, 6.07) is 0. The zero-order chi connectivity index (χ0) is 18.5. The molecule has 0 amide bonds. The van der Waals surface area contributed by atoms with Crippen molar-refractivity contribution >= 4 is 76.3 Å². The number of rotatable bonds is 7. The molecule has 0 aliphatic carbocycles. The third-order valence-electron chi connectivity index (χ3n) is 4.69. The van der Waals surface area contributed by atoms with Crippen molar-refractivity contribution in [3.05, 3.63) is 0 Å². The number of hydrogen-bond donors (Lipinski definition) is 0. The van der Waals surface area contributed by atoms with Crippen molar-refractivity contribution < 1.29 is 0 Å². The standard InChI is InChI=1S/C18H32N2S6/c21-17(19-11-5-1-2-6-12-19)25-23-15-9-10-16-24-26-18(22)20-13-7-3-4-8-14-20/h1-16H2. The monoisotopic (exact) mass is 468 g/mol. The molecular weight excluding hydrogens is 437 g/mol. The molecule has 2 saturated heterocycles. The highest BCUT2D eigenvalue weighted by atomic mass is 33.1. The van der Waals surface area contributed by atoms with E-state index >= 15 is 0 Å². The Labute approximate surface area is 186 Å². The first-order chi connectivity index (χ1) is 12.8. The smallest absolute Gasteiger partial charge is 0.147 e. The molecule has 2 fully saturated rings. The highest BCUT2D eigenvalue weighted by Gasteiger charge is 2.14. The van der Waals surface area contributed by atoms with Crippen molar-refractivity contribution in [1.29, 1.82) is 0 Å². The summed E-state index contributed by atoms with van der Waals surface area (Å²) >= 11 is 11.2. The van der Waals surface area contributed by atoms with Crippen molar-refractivity contribution in [3.63, 3.8) is 0 Å². The lowest BCUT2D eigenvalue weighted by Crippen LogP contribution is -2.27. The van der Waals surface area contributed by atoms with E-state index in [0.717, 1.165) is 34.8 Å². The van der Waals surface area contributed by atoms with Gasteiger partial charge >= 0.3 is 0 Å². The molecule has 8 heteroatoms.